The lowest BCUT2D eigenvalue weighted by Gasteiger charge is -2.21. The zero-order valence-corrected chi connectivity index (χ0v) is 22.2. The zero-order chi connectivity index (χ0) is 26.3. The molecule has 1 saturated heterocycles. The average molecular weight is 538 g/mol. The normalized spacial score (nSPS) is 17.6. The van der Waals surface area contributed by atoms with Crippen molar-refractivity contribution in [3.05, 3.63) is 74.2 Å². The number of imidazole rings is 1. The SMILES string of the molecule is Cc1cc(N)nc(C)c1CCCC(=O)c1csc([C@@H]2C[C@@H](N)CN2C(=O)c2cn3cc(Cl)ccc3n2)n1. The topological polar surface area (TPSA) is 132 Å². The number of thiazole rings is 1. The summed E-state index contributed by atoms with van der Waals surface area (Å²) in [6.45, 7) is 4.35. The van der Waals surface area contributed by atoms with Gasteiger partial charge in [0.25, 0.3) is 5.91 Å². The number of Topliss-reactive ketones (excluding diaryl/α,β-unsaturated/α-hetero) is 1. The van der Waals surface area contributed by atoms with Crippen molar-refractivity contribution in [3.8, 4) is 0 Å². The van der Waals surface area contributed by atoms with E-state index in [-0.39, 0.29) is 23.8 Å². The molecular formula is C26H28ClN7O2S. The molecule has 5 heterocycles. The van der Waals surface area contributed by atoms with Crippen molar-refractivity contribution >= 4 is 46.1 Å². The third-order valence-corrected chi connectivity index (χ3v) is 7.90. The maximum Gasteiger partial charge on any atom is 0.274 e. The molecule has 4 aromatic heterocycles. The summed E-state index contributed by atoms with van der Waals surface area (Å²) in [6, 6.07) is 4.88. The molecule has 192 valence electrons. The molecule has 37 heavy (non-hydrogen) atoms. The van der Waals surface area contributed by atoms with E-state index in [2.05, 4.69) is 15.0 Å². The van der Waals surface area contributed by atoms with Gasteiger partial charge in [0, 0.05) is 42.5 Å². The summed E-state index contributed by atoms with van der Waals surface area (Å²) in [5, 5.41) is 3.05. The van der Waals surface area contributed by atoms with Gasteiger partial charge in [-0.2, -0.15) is 0 Å². The predicted octanol–water partition coefficient (Wildman–Crippen LogP) is 4.16. The number of rotatable bonds is 7. The Balaban J connectivity index is 1.27. The predicted molar refractivity (Wildman–Crippen MR) is 144 cm³/mol. The average Bonchev–Trinajstić information content (AvgIpc) is 3.57. The molecule has 0 saturated carbocycles. The number of aryl methyl sites for hydroxylation is 2. The van der Waals surface area contributed by atoms with Crippen molar-refractivity contribution in [2.45, 2.75) is 51.6 Å². The summed E-state index contributed by atoms with van der Waals surface area (Å²) < 4.78 is 1.73. The Bertz CT molecular complexity index is 1470. The van der Waals surface area contributed by atoms with Crippen LogP contribution in [0, 0.1) is 13.8 Å². The molecular weight excluding hydrogens is 510 g/mol. The van der Waals surface area contributed by atoms with Gasteiger partial charge >= 0.3 is 0 Å². The molecule has 1 aliphatic rings. The fourth-order valence-electron chi connectivity index (χ4n) is 4.93. The number of hydrogen-bond donors (Lipinski definition) is 2. The molecule has 0 aliphatic carbocycles. The van der Waals surface area contributed by atoms with Crippen molar-refractivity contribution in [1.82, 2.24) is 24.3 Å². The first-order valence-corrected chi connectivity index (χ1v) is 13.4. The van der Waals surface area contributed by atoms with Gasteiger partial charge in [-0.25, -0.2) is 15.0 Å². The van der Waals surface area contributed by atoms with E-state index in [4.69, 9.17) is 23.1 Å². The van der Waals surface area contributed by atoms with E-state index in [1.165, 1.54) is 11.3 Å². The molecule has 0 bridgehead atoms. The number of nitrogens with zero attached hydrogens (tertiary/aromatic N) is 5. The minimum absolute atomic E-state index is 0.0152. The number of carbonyl (C=O) groups excluding carboxylic acids is 2. The zero-order valence-electron chi connectivity index (χ0n) is 20.6. The van der Waals surface area contributed by atoms with Gasteiger partial charge in [0.15, 0.2) is 5.78 Å². The van der Waals surface area contributed by atoms with Crippen LogP contribution in [0.3, 0.4) is 0 Å². The number of nitrogens with two attached hydrogens (primary N) is 2. The summed E-state index contributed by atoms with van der Waals surface area (Å²) in [5.41, 5.74) is 16.6. The molecule has 1 fully saturated rings. The summed E-state index contributed by atoms with van der Waals surface area (Å²) in [6.07, 6.45) is 5.77. The number of hydrogen-bond acceptors (Lipinski definition) is 8. The monoisotopic (exact) mass is 537 g/mol. The number of ketones is 1. The van der Waals surface area contributed by atoms with Crippen molar-refractivity contribution in [2.75, 3.05) is 12.3 Å². The van der Waals surface area contributed by atoms with Gasteiger partial charge in [-0.15, -0.1) is 11.3 Å². The molecule has 0 spiro atoms. The van der Waals surface area contributed by atoms with Crippen LogP contribution in [0.2, 0.25) is 5.02 Å². The molecule has 0 aromatic carbocycles. The highest BCUT2D eigenvalue weighted by Crippen LogP contribution is 2.35. The van der Waals surface area contributed by atoms with E-state index < -0.39 is 0 Å². The first-order chi connectivity index (χ1) is 17.7. The van der Waals surface area contributed by atoms with E-state index in [1.54, 1.807) is 39.2 Å². The molecule has 1 amide bonds. The van der Waals surface area contributed by atoms with Crippen molar-refractivity contribution in [3.63, 3.8) is 0 Å². The standard InChI is InChI=1S/C26H28ClN7O2S/c1-14-8-23(29)30-15(2)18(14)4-3-5-22(35)20-13-37-25(32-20)21-9-17(28)11-34(21)26(36)19-12-33-10-16(27)6-7-24(33)31-19/h6-8,10,12-13,17,21H,3-5,9,11,28H2,1-2H3,(H2,29,30)/t17-,21+/m1/s1. The lowest BCUT2D eigenvalue weighted by atomic mass is 10.0. The van der Waals surface area contributed by atoms with Crippen LogP contribution >= 0.6 is 22.9 Å². The number of halogens is 1. The Hall–Kier alpha value is -3.34. The fraction of sp³-hybridized carbons (Fsp3) is 0.346. The van der Waals surface area contributed by atoms with Crippen LogP contribution in [0.25, 0.3) is 5.65 Å². The Morgan fingerprint density at radius 3 is 2.76 bits per heavy atom. The number of anilines is 1. The summed E-state index contributed by atoms with van der Waals surface area (Å²) in [5.74, 6) is 0.275. The third kappa shape index (κ3) is 5.22. The van der Waals surface area contributed by atoms with Crippen molar-refractivity contribution in [1.29, 1.82) is 0 Å². The first-order valence-electron chi connectivity index (χ1n) is 12.1. The van der Waals surface area contributed by atoms with Crippen LogP contribution in [0.15, 0.2) is 36.0 Å². The Morgan fingerprint density at radius 2 is 1.97 bits per heavy atom. The van der Waals surface area contributed by atoms with Crippen LogP contribution in [0.1, 0.15) is 68.1 Å². The largest absolute Gasteiger partial charge is 0.384 e. The van der Waals surface area contributed by atoms with E-state index in [0.717, 1.165) is 23.2 Å². The number of nitrogen functional groups attached to an aromatic ring is 1. The van der Waals surface area contributed by atoms with E-state index in [0.29, 0.717) is 58.7 Å². The van der Waals surface area contributed by atoms with Gasteiger partial charge in [-0.3, -0.25) is 9.59 Å². The van der Waals surface area contributed by atoms with Crippen molar-refractivity contribution in [2.24, 2.45) is 5.73 Å². The van der Waals surface area contributed by atoms with Gasteiger partial charge in [0.05, 0.1) is 11.1 Å². The van der Waals surface area contributed by atoms with E-state index >= 15 is 0 Å². The molecule has 4 aromatic rings. The van der Waals surface area contributed by atoms with Crippen LogP contribution in [0.5, 0.6) is 0 Å². The van der Waals surface area contributed by atoms with Gasteiger partial charge < -0.3 is 20.8 Å². The third-order valence-electron chi connectivity index (χ3n) is 6.73. The first kappa shape index (κ1) is 25.3. The second kappa shape index (κ2) is 10.2. The Kier molecular flexibility index (Phi) is 6.98. The van der Waals surface area contributed by atoms with Crippen LogP contribution in [0.4, 0.5) is 5.82 Å². The minimum Gasteiger partial charge on any atom is -0.384 e. The lowest BCUT2D eigenvalue weighted by Crippen LogP contribution is -2.33. The molecule has 5 rings (SSSR count). The quantitative estimate of drug-likeness (QED) is 0.338. The highest BCUT2D eigenvalue weighted by molar-refractivity contribution is 7.09. The van der Waals surface area contributed by atoms with Crippen LogP contribution in [-0.2, 0) is 6.42 Å². The van der Waals surface area contributed by atoms with Gasteiger partial charge in [0.2, 0.25) is 0 Å². The molecule has 0 radical (unpaired) electrons. The number of amides is 1. The summed E-state index contributed by atoms with van der Waals surface area (Å²) in [7, 11) is 0. The van der Waals surface area contributed by atoms with Crippen LogP contribution in [-0.4, -0.2) is 48.5 Å². The number of aromatic nitrogens is 4. The molecule has 11 heteroatoms. The summed E-state index contributed by atoms with van der Waals surface area (Å²) in [4.78, 5) is 41.4. The highest BCUT2D eigenvalue weighted by atomic mass is 35.5. The second-order valence-corrected chi connectivity index (χ2v) is 10.8. The Labute approximate surface area is 223 Å². The Morgan fingerprint density at radius 1 is 1.16 bits per heavy atom. The number of likely N-dealkylation sites (tertiary alicyclic amines) is 1. The lowest BCUT2D eigenvalue weighted by molar-refractivity contribution is 0.0728. The molecule has 9 nitrogen and oxygen atoms in total. The number of fused-ring (bicyclic) bond motifs is 1. The maximum atomic E-state index is 13.4. The van der Waals surface area contributed by atoms with Gasteiger partial charge in [0.1, 0.15) is 27.9 Å². The maximum absolute atomic E-state index is 13.4. The highest BCUT2D eigenvalue weighted by Gasteiger charge is 2.37. The molecule has 1 aliphatic heterocycles. The second-order valence-electron chi connectivity index (χ2n) is 9.48. The molecule has 4 N–H and O–H groups in total. The fourth-order valence-corrected chi connectivity index (χ4v) is 6.05. The molecule has 2 atom stereocenters. The minimum atomic E-state index is -0.298. The summed E-state index contributed by atoms with van der Waals surface area (Å²) >= 11 is 7.45. The van der Waals surface area contributed by atoms with E-state index in [1.807, 2.05) is 19.9 Å². The van der Waals surface area contributed by atoms with E-state index in [9.17, 15) is 9.59 Å². The molecule has 0 unspecified atom stereocenters. The van der Waals surface area contributed by atoms with Gasteiger partial charge in [-0.05, 0) is 62.4 Å². The number of pyridine rings is 2. The van der Waals surface area contributed by atoms with Crippen molar-refractivity contribution < 1.29 is 9.59 Å². The van der Waals surface area contributed by atoms with Crippen LogP contribution < -0.4 is 11.5 Å². The van der Waals surface area contributed by atoms with Gasteiger partial charge in [-0.1, -0.05) is 11.6 Å². The smallest absolute Gasteiger partial charge is 0.274 e. The number of carbonyl (C=O) groups is 2.